The van der Waals surface area contributed by atoms with Gasteiger partial charge in [0.2, 0.25) is 0 Å². The molecule has 0 atom stereocenters. The SMILES string of the molecule is Cc1cc(N)nc(C)c1CNC(=O)c1ccc2c(c1)c1oc2c2cc(-c3cnccc3F)ccc21. The van der Waals surface area contributed by atoms with Crippen LogP contribution in [0.2, 0.25) is 0 Å². The zero-order valence-corrected chi connectivity index (χ0v) is 19.1. The molecule has 4 heterocycles. The van der Waals surface area contributed by atoms with Crippen molar-refractivity contribution in [1.29, 1.82) is 0 Å². The molecule has 0 fully saturated rings. The number of halogens is 1. The minimum atomic E-state index is -0.321. The zero-order chi connectivity index (χ0) is 24.3. The highest BCUT2D eigenvalue weighted by Gasteiger charge is 2.20. The summed E-state index contributed by atoms with van der Waals surface area (Å²) in [6.07, 6.45) is 2.95. The molecule has 1 amide bonds. The summed E-state index contributed by atoms with van der Waals surface area (Å²) in [6, 6.07) is 14.4. The van der Waals surface area contributed by atoms with Crippen molar-refractivity contribution in [3.8, 4) is 11.1 Å². The minimum Gasteiger partial charge on any atom is -0.455 e. The average molecular weight is 465 g/mol. The molecule has 3 N–H and O–H groups in total. The number of benzene rings is 3. The molecule has 0 saturated heterocycles. The Morgan fingerprint density at radius 3 is 2.49 bits per heavy atom. The number of aryl methyl sites for hydroxylation is 2. The number of hydrogen-bond acceptors (Lipinski definition) is 5. The van der Waals surface area contributed by atoms with E-state index >= 15 is 0 Å². The first kappa shape index (κ1) is 21.0. The van der Waals surface area contributed by atoms with Crippen LogP contribution >= 0.6 is 0 Å². The molecule has 35 heavy (non-hydrogen) atoms. The molecule has 6 nitrogen and oxygen atoms in total. The first-order valence-electron chi connectivity index (χ1n) is 11.2. The van der Waals surface area contributed by atoms with Gasteiger partial charge in [-0.1, -0.05) is 6.07 Å². The van der Waals surface area contributed by atoms with Crippen molar-refractivity contribution in [2.24, 2.45) is 0 Å². The normalized spacial score (nSPS) is 11.6. The number of nitrogens with two attached hydrogens (primary N) is 1. The first-order chi connectivity index (χ1) is 16.9. The van der Waals surface area contributed by atoms with Crippen LogP contribution in [0, 0.1) is 19.7 Å². The molecular formula is C28H21FN4O2. The number of pyridine rings is 2. The Morgan fingerprint density at radius 2 is 1.74 bits per heavy atom. The van der Waals surface area contributed by atoms with Crippen molar-refractivity contribution in [2.75, 3.05) is 5.73 Å². The number of anilines is 1. The minimum absolute atomic E-state index is 0.181. The maximum atomic E-state index is 14.3. The third-order valence-corrected chi connectivity index (χ3v) is 6.56. The lowest BCUT2D eigenvalue weighted by atomic mass is 9.98. The predicted octanol–water partition coefficient (Wildman–Crippen LogP) is 5.90. The first-order valence-corrected chi connectivity index (χ1v) is 11.2. The second-order valence-corrected chi connectivity index (χ2v) is 8.75. The van der Waals surface area contributed by atoms with Gasteiger partial charge in [0, 0.05) is 57.3 Å². The second-order valence-electron chi connectivity index (χ2n) is 8.75. The van der Waals surface area contributed by atoms with Crippen molar-refractivity contribution < 1.29 is 13.6 Å². The molecule has 0 radical (unpaired) electrons. The molecule has 0 aliphatic heterocycles. The van der Waals surface area contributed by atoms with Crippen LogP contribution in [-0.4, -0.2) is 15.9 Å². The Kier molecular flexibility index (Phi) is 4.67. The van der Waals surface area contributed by atoms with Crippen LogP contribution in [0.25, 0.3) is 43.8 Å². The summed E-state index contributed by atoms with van der Waals surface area (Å²) >= 11 is 0. The van der Waals surface area contributed by atoms with Gasteiger partial charge in [-0.3, -0.25) is 9.78 Å². The number of carbonyl (C=O) groups excluding carboxylic acids is 1. The van der Waals surface area contributed by atoms with Gasteiger partial charge in [0.05, 0.1) is 0 Å². The van der Waals surface area contributed by atoms with E-state index in [0.717, 1.165) is 49.5 Å². The number of nitrogens with one attached hydrogen (secondary N) is 1. The van der Waals surface area contributed by atoms with Gasteiger partial charge in [-0.15, -0.1) is 0 Å². The van der Waals surface area contributed by atoms with Gasteiger partial charge in [-0.05, 0) is 73.0 Å². The molecule has 0 aliphatic rings. The Morgan fingerprint density at radius 1 is 1.00 bits per heavy atom. The predicted molar refractivity (Wildman–Crippen MR) is 135 cm³/mol. The van der Waals surface area contributed by atoms with Crippen molar-refractivity contribution in [1.82, 2.24) is 15.3 Å². The van der Waals surface area contributed by atoms with E-state index in [1.165, 1.54) is 18.5 Å². The Bertz CT molecular complexity index is 1750. The number of nitrogen functional groups attached to an aromatic ring is 1. The fourth-order valence-electron chi connectivity index (χ4n) is 4.80. The van der Waals surface area contributed by atoms with Crippen molar-refractivity contribution in [3.63, 3.8) is 0 Å². The standard InChI is InChI=1S/C28H21FN4O2/c1-14-9-25(30)33-15(2)22(14)13-32-28(34)17-4-6-19-21(11-17)27-18-5-3-16(10-20(18)26(19)35-27)23-12-31-8-7-24(23)29/h3-12H,13H2,1-2H3,(H2,30,33)(H,32,34). The van der Waals surface area contributed by atoms with E-state index in [1.807, 2.05) is 44.2 Å². The van der Waals surface area contributed by atoms with Gasteiger partial charge in [0.1, 0.15) is 22.8 Å². The van der Waals surface area contributed by atoms with Crippen LogP contribution in [0.1, 0.15) is 27.2 Å². The zero-order valence-electron chi connectivity index (χ0n) is 19.1. The Balaban J connectivity index is 1.34. The van der Waals surface area contributed by atoms with E-state index in [2.05, 4.69) is 15.3 Å². The highest BCUT2D eigenvalue weighted by molar-refractivity contribution is 6.26. The van der Waals surface area contributed by atoms with Crippen LogP contribution in [0.4, 0.5) is 10.2 Å². The lowest BCUT2D eigenvalue weighted by Crippen LogP contribution is -2.24. The summed E-state index contributed by atoms with van der Waals surface area (Å²) in [5.41, 5.74) is 11.7. The van der Waals surface area contributed by atoms with Gasteiger partial charge < -0.3 is 15.5 Å². The number of amides is 1. The third kappa shape index (κ3) is 3.35. The molecule has 2 bridgehead atoms. The van der Waals surface area contributed by atoms with E-state index in [9.17, 15) is 9.18 Å². The van der Waals surface area contributed by atoms with Crippen LogP contribution in [-0.2, 0) is 6.54 Å². The Hall–Kier alpha value is -4.52. The summed E-state index contributed by atoms with van der Waals surface area (Å²) in [5.74, 6) is -0.0338. The molecule has 0 aliphatic carbocycles. The largest absolute Gasteiger partial charge is 0.455 e. The van der Waals surface area contributed by atoms with Crippen LogP contribution < -0.4 is 11.1 Å². The topological polar surface area (TPSA) is 94.0 Å². The summed E-state index contributed by atoms with van der Waals surface area (Å²) in [4.78, 5) is 21.3. The maximum absolute atomic E-state index is 14.3. The summed E-state index contributed by atoms with van der Waals surface area (Å²) in [7, 11) is 0. The molecule has 2 aromatic carbocycles. The van der Waals surface area contributed by atoms with E-state index in [4.69, 9.17) is 10.2 Å². The van der Waals surface area contributed by atoms with Gasteiger partial charge >= 0.3 is 0 Å². The lowest BCUT2D eigenvalue weighted by Gasteiger charge is -2.11. The second kappa shape index (κ2) is 7.77. The molecular weight excluding hydrogens is 443 g/mol. The molecule has 6 rings (SSSR count). The highest BCUT2D eigenvalue weighted by atomic mass is 19.1. The van der Waals surface area contributed by atoms with E-state index < -0.39 is 0 Å². The van der Waals surface area contributed by atoms with Crippen molar-refractivity contribution in [3.05, 3.63) is 89.1 Å². The van der Waals surface area contributed by atoms with Gasteiger partial charge in [-0.25, -0.2) is 9.37 Å². The Labute approximate surface area is 199 Å². The van der Waals surface area contributed by atoms with Gasteiger partial charge in [0.25, 0.3) is 5.91 Å². The molecule has 4 aromatic heterocycles. The number of carbonyl (C=O) groups is 1. The third-order valence-electron chi connectivity index (χ3n) is 6.56. The van der Waals surface area contributed by atoms with Crippen LogP contribution in [0.3, 0.4) is 0 Å². The van der Waals surface area contributed by atoms with Crippen molar-refractivity contribution >= 4 is 44.4 Å². The van der Waals surface area contributed by atoms with Gasteiger partial charge in [-0.2, -0.15) is 0 Å². The smallest absolute Gasteiger partial charge is 0.251 e. The molecule has 0 unspecified atom stereocenters. The highest BCUT2D eigenvalue weighted by Crippen LogP contribution is 2.42. The van der Waals surface area contributed by atoms with Crippen LogP contribution in [0.5, 0.6) is 0 Å². The fourth-order valence-corrected chi connectivity index (χ4v) is 4.80. The van der Waals surface area contributed by atoms with Crippen molar-refractivity contribution in [2.45, 2.75) is 20.4 Å². The average Bonchev–Trinajstić information content (AvgIpc) is 3.40. The van der Waals surface area contributed by atoms with E-state index in [1.54, 1.807) is 12.1 Å². The maximum Gasteiger partial charge on any atom is 0.251 e. The van der Waals surface area contributed by atoms with Crippen LogP contribution in [0.15, 0.2) is 65.3 Å². The molecule has 6 aromatic rings. The summed E-state index contributed by atoms with van der Waals surface area (Å²) in [6.45, 7) is 4.20. The fraction of sp³-hybridized carbons (Fsp3) is 0.107. The monoisotopic (exact) mass is 464 g/mol. The molecule has 172 valence electrons. The molecule has 7 heteroatoms. The number of fused-ring (bicyclic) bond motifs is 8. The quantitative estimate of drug-likeness (QED) is 0.317. The molecule has 0 saturated carbocycles. The van der Waals surface area contributed by atoms with Gasteiger partial charge in [0.15, 0.2) is 0 Å². The number of furan rings is 2. The number of nitrogens with zero attached hydrogens (tertiary/aromatic N) is 2. The number of rotatable bonds is 4. The molecule has 0 spiro atoms. The number of aromatic nitrogens is 2. The summed E-state index contributed by atoms with van der Waals surface area (Å²) in [5, 5.41) is 6.62. The van der Waals surface area contributed by atoms with E-state index in [-0.39, 0.29) is 11.7 Å². The lowest BCUT2D eigenvalue weighted by molar-refractivity contribution is 0.0951. The number of hydrogen-bond donors (Lipinski definition) is 2. The van der Waals surface area contributed by atoms with E-state index in [0.29, 0.717) is 29.1 Å². The summed E-state index contributed by atoms with van der Waals surface area (Å²) < 4.78 is 20.4.